The molecule has 2 aromatic heterocycles. The number of amides is 1. The van der Waals surface area contributed by atoms with E-state index in [2.05, 4.69) is 20.3 Å². The van der Waals surface area contributed by atoms with Crippen molar-refractivity contribution in [1.82, 2.24) is 29.9 Å². The summed E-state index contributed by atoms with van der Waals surface area (Å²) >= 11 is 6.57. The quantitative estimate of drug-likeness (QED) is 0.172. The molecule has 2 atom stereocenters. The molecule has 0 bridgehead atoms. The molecule has 2 aliphatic rings. The Hall–Kier alpha value is -4.65. The second kappa shape index (κ2) is 12.3. The molecule has 49 heavy (non-hydrogen) atoms. The number of carbonyl (C=O) groups excluding carboxylic acids is 2. The first-order valence-electron chi connectivity index (χ1n) is 17.3. The number of nitrogens with one attached hydrogen (secondary N) is 1. The van der Waals surface area contributed by atoms with Gasteiger partial charge in [-0.15, -0.1) is 0 Å². The molecule has 1 amide bonds. The van der Waals surface area contributed by atoms with Crippen molar-refractivity contribution in [1.29, 1.82) is 0 Å². The maximum atomic E-state index is 15.0. The third kappa shape index (κ3) is 6.55. The first kappa shape index (κ1) is 30.4. The van der Waals surface area contributed by atoms with Gasteiger partial charge in [0.05, 0.1) is 23.7 Å². The first-order valence-corrected chi connectivity index (χ1v) is 16.1. The fourth-order valence-electron chi connectivity index (χ4n) is 6.51. The molecule has 3 heterocycles. The molecule has 14 heteroatoms. The Balaban J connectivity index is 1.42. The number of nitrogens with zero attached hydrogens (tertiary/aromatic N) is 6. The smallest absolute Gasteiger partial charge is 0.306 e. The van der Waals surface area contributed by atoms with Gasteiger partial charge in [0.15, 0.2) is 17.3 Å². The normalized spacial score (nSPS) is 20.7. The number of nitrogens with two attached hydrogens (primary N) is 1. The highest BCUT2D eigenvalue weighted by atomic mass is 35.5. The highest BCUT2D eigenvalue weighted by Crippen LogP contribution is 2.59. The van der Waals surface area contributed by atoms with Gasteiger partial charge in [0.1, 0.15) is 12.9 Å². The van der Waals surface area contributed by atoms with Crippen molar-refractivity contribution in [2.24, 2.45) is 28.5 Å². The van der Waals surface area contributed by atoms with Crippen molar-refractivity contribution in [3.63, 3.8) is 0 Å². The van der Waals surface area contributed by atoms with E-state index in [4.69, 9.17) is 31.2 Å². The van der Waals surface area contributed by atoms with Gasteiger partial charge in [0.2, 0.25) is 0 Å². The Labute approximate surface area is 292 Å². The summed E-state index contributed by atoms with van der Waals surface area (Å²) in [7, 11) is 0. The van der Waals surface area contributed by atoms with Crippen LogP contribution in [0, 0.1) is 10.8 Å². The number of guanidine groups is 1. The minimum Gasteiger partial charge on any atom is -0.463 e. The molecule has 4 aromatic rings. The molecule has 1 aliphatic heterocycles. The van der Waals surface area contributed by atoms with Crippen LogP contribution in [-0.2, 0) is 26.8 Å². The van der Waals surface area contributed by atoms with Crippen LogP contribution in [0.25, 0.3) is 22.5 Å². The Morgan fingerprint density at radius 3 is 2.51 bits per heavy atom. The van der Waals surface area contributed by atoms with E-state index < -0.39 is 60.2 Å². The molecule has 3 N–H and O–H groups in total. The third-order valence-corrected chi connectivity index (χ3v) is 9.58. The Kier molecular flexibility index (Phi) is 7.66. The van der Waals surface area contributed by atoms with Crippen LogP contribution in [0.2, 0.25) is 5.02 Å². The number of esters is 1. The summed E-state index contributed by atoms with van der Waals surface area (Å²) in [6.45, 7) is 3.53. The van der Waals surface area contributed by atoms with Gasteiger partial charge in [0, 0.05) is 33.8 Å². The SMILES string of the molecule is [2H]C([2H])([2H])n1ncnc1-c1cc([C@@H](COC(=O)CC2(C(C)(F)F)CC2)N2C(=O)[C@@](CC(C)(C)C)(c3ccc(-c4cn[nH]c4)cc3)N=C2N)ccc1Cl. The van der Waals surface area contributed by atoms with Crippen molar-refractivity contribution < 1.29 is 27.2 Å². The summed E-state index contributed by atoms with van der Waals surface area (Å²) in [5.74, 6) is -4.68. The number of rotatable bonds is 11. The van der Waals surface area contributed by atoms with E-state index in [9.17, 15) is 18.4 Å². The van der Waals surface area contributed by atoms with Crippen LogP contribution in [0.4, 0.5) is 8.78 Å². The van der Waals surface area contributed by atoms with E-state index >= 15 is 0 Å². The molecule has 11 nitrogen and oxygen atoms in total. The highest BCUT2D eigenvalue weighted by Gasteiger charge is 2.60. The van der Waals surface area contributed by atoms with Crippen LogP contribution < -0.4 is 5.73 Å². The Morgan fingerprint density at radius 2 is 1.90 bits per heavy atom. The number of aliphatic imine (C=N–C) groups is 1. The van der Waals surface area contributed by atoms with Gasteiger partial charge in [-0.2, -0.15) is 10.2 Å². The lowest BCUT2D eigenvalue weighted by atomic mass is 9.75. The monoisotopic (exact) mass is 695 g/mol. The zero-order valence-electron chi connectivity index (χ0n) is 30.5. The number of aromatic nitrogens is 5. The van der Waals surface area contributed by atoms with Crippen molar-refractivity contribution in [2.75, 3.05) is 6.61 Å². The molecule has 2 aromatic carbocycles. The minimum atomic E-state index is -3.09. The van der Waals surface area contributed by atoms with Crippen LogP contribution in [0.1, 0.15) is 74.7 Å². The third-order valence-electron chi connectivity index (χ3n) is 9.25. The van der Waals surface area contributed by atoms with Crippen LogP contribution in [-0.4, -0.2) is 60.2 Å². The van der Waals surface area contributed by atoms with Crippen molar-refractivity contribution in [2.45, 2.75) is 70.9 Å². The maximum absolute atomic E-state index is 15.0. The Morgan fingerprint density at radius 1 is 1.16 bits per heavy atom. The van der Waals surface area contributed by atoms with E-state index in [1.807, 2.05) is 45.0 Å². The molecule has 0 saturated heterocycles. The predicted molar refractivity (Wildman–Crippen MR) is 180 cm³/mol. The van der Waals surface area contributed by atoms with Gasteiger partial charge in [-0.1, -0.05) is 62.7 Å². The number of alkyl halides is 2. The number of benzene rings is 2. The van der Waals surface area contributed by atoms with Gasteiger partial charge in [-0.25, -0.2) is 23.4 Å². The van der Waals surface area contributed by atoms with Crippen LogP contribution in [0.3, 0.4) is 0 Å². The molecular weight excluding hydrogens is 654 g/mol. The van der Waals surface area contributed by atoms with E-state index in [0.717, 1.165) is 29.1 Å². The molecule has 1 fully saturated rings. The number of halogens is 3. The number of aryl methyl sites for hydroxylation is 1. The summed E-state index contributed by atoms with van der Waals surface area (Å²) in [6.07, 6.45) is 4.60. The van der Waals surface area contributed by atoms with Crippen LogP contribution >= 0.6 is 11.6 Å². The van der Waals surface area contributed by atoms with E-state index in [0.29, 0.717) is 11.1 Å². The maximum Gasteiger partial charge on any atom is 0.306 e. The molecule has 6 rings (SSSR count). The van der Waals surface area contributed by atoms with Gasteiger partial charge in [-0.05, 0) is 60.4 Å². The standard InChI is InChI=1S/C35H39ClF2N8O3/c1-32(2,3)19-35(24-9-6-21(7-10-24)23-16-41-42-17-23)30(48)46(31(39)44-35)27(18-49-28(47)15-34(12-13-34)33(4,37)38)22-8-11-26(36)25(14-22)29-40-20-43-45(29)5/h6-11,14,16-17,20,27H,12-13,15,18-19H2,1-5H3,(H2,39,44)(H,41,42)/t27-,35-/m1/s1/i5D3. The summed E-state index contributed by atoms with van der Waals surface area (Å²) in [6, 6.07) is 10.8. The van der Waals surface area contributed by atoms with E-state index in [-0.39, 0.29) is 41.6 Å². The lowest BCUT2D eigenvalue weighted by molar-refractivity contribution is -0.153. The second-order valence-corrected chi connectivity index (χ2v) is 14.5. The van der Waals surface area contributed by atoms with Crippen molar-refractivity contribution >= 4 is 29.4 Å². The fraction of sp³-hybridized carbons (Fsp3) is 0.429. The lowest BCUT2D eigenvalue weighted by Gasteiger charge is -2.35. The number of H-pyrrole nitrogens is 1. The zero-order valence-corrected chi connectivity index (χ0v) is 28.3. The van der Waals surface area contributed by atoms with Crippen molar-refractivity contribution in [3.05, 3.63) is 77.3 Å². The predicted octanol–water partition coefficient (Wildman–Crippen LogP) is 6.42. The van der Waals surface area contributed by atoms with Crippen LogP contribution in [0.15, 0.2) is 66.2 Å². The number of ether oxygens (including phenoxy) is 1. The van der Waals surface area contributed by atoms with Crippen LogP contribution in [0.5, 0.6) is 0 Å². The van der Waals surface area contributed by atoms with E-state index in [1.165, 1.54) is 17.0 Å². The van der Waals surface area contributed by atoms with Crippen molar-refractivity contribution in [3.8, 4) is 22.5 Å². The molecule has 1 saturated carbocycles. The van der Waals surface area contributed by atoms with Gasteiger partial charge in [0.25, 0.3) is 11.8 Å². The summed E-state index contributed by atoms with van der Waals surface area (Å²) in [4.78, 5) is 38.3. The molecule has 0 spiro atoms. The topological polar surface area (TPSA) is 144 Å². The molecule has 0 radical (unpaired) electrons. The summed E-state index contributed by atoms with van der Waals surface area (Å²) in [5.41, 5.74) is 6.02. The minimum absolute atomic E-state index is 0.0716. The lowest BCUT2D eigenvalue weighted by Crippen LogP contribution is -2.47. The number of aromatic amines is 1. The number of hydrogen-bond acceptors (Lipinski definition) is 8. The molecule has 1 aliphatic carbocycles. The highest BCUT2D eigenvalue weighted by molar-refractivity contribution is 6.33. The van der Waals surface area contributed by atoms with Gasteiger partial charge < -0.3 is 10.5 Å². The molecule has 0 unspecified atom stereocenters. The summed E-state index contributed by atoms with van der Waals surface area (Å²) in [5, 5.41) is 10.8. The molecular formula is C35H39ClF2N8O3. The van der Waals surface area contributed by atoms with Gasteiger partial charge >= 0.3 is 5.97 Å². The first-order chi connectivity index (χ1) is 24.2. The Bertz CT molecular complexity index is 2000. The number of hydrogen-bond donors (Lipinski definition) is 2. The van der Waals surface area contributed by atoms with E-state index in [1.54, 1.807) is 18.5 Å². The molecule has 258 valence electrons. The zero-order chi connectivity index (χ0) is 37.9. The summed E-state index contributed by atoms with van der Waals surface area (Å²) < 4.78 is 58.9. The fourth-order valence-corrected chi connectivity index (χ4v) is 6.71. The average Bonchev–Trinajstić information content (AvgIpc) is 3.38. The number of carbonyl (C=O) groups is 2. The largest absolute Gasteiger partial charge is 0.463 e. The second-order valence-electron chi connectivity index (χ2n) is 14.1. The average molecular weight is 696 g/mol. The van der Waals surface area contributed by atoms with Gasteiger partial charge in [-0.3, -0.25) is 19.6 Å².